The SMILES string of the molecule is O=[N+]([O-])c1ccc(O)c(N=Cc2ccccc2C=Nc2cc([N+](=O)[O-])ccc2O)c1. The van der Waals surface area contributed by atoms with E-state index in [0.29, 0.717) is 11.1 Å². The maximum Gasteiger partial charge on any atom is 0.271 e. The highest BCUT2D eigenvalue weighted by atomic mass is 16.6. The lowest BCUT2D eigenvalue weighted by atomic mass is 10.1. The van der Waals surface area contributed by atoms with Gasteiger partial charge in [-0.3, -0.25) is 30.2 Å². The lowest BCUT2D eigenvalue weighted by Crippen LogP contribution is -1.91. The first-order valence-electron chi connectivity index (χ1n) is 8.47. The summed E-state index contributed by atoms with van der Waals surface area (Å²) in [5, 5.41) is 41.5. The zero-order valence-corrected chi connectivity index (χ0v) is 15.2. The van der Waals surface area contributed by atoms with Gasteiger partial charge in [0, 0.05) is 47.8 Å². The molecule has 0 heterocycles. The van der Waals surface area contributed by atoms with Crippen LogP contribution in [0.1, 0.15) is 11.1 Å². The van der Waals surface area contributed by atoms with Crippen LogP contribution in [-0.2, 0) is 0 Å². The van der Waals surface area contributed by atoms with E-state index in [0.717, 1.165) is 12.1 Å². The summed E-state index contributed by atoms with van der Waals surface area (Å²) in [6, 6.07) is 13.9. The molecule has 0 aliphatic heterocycles. The molecule has 0 aliphatic carbocycles. The van der Waals surface area contributed by atoms with Crippen LogP contribution in [0.15, 0.2) is 70.6 Å². The standard InChI is InChI=1S/C20H14N4O6/c25-19-7-5-15(23(27)28)9-17(19)21-11-13-3-1-2-4-14(13)12-22-18-10-16(24(29)30)6-8-20(18)26/h1-12,25-26H. The molecule has 0 aliphatic rings. The van der Waals surface area contributed by atoms with Gasteiger partial charge in [0.15, 0.2) is 0 Å². The Morgan fingerprint density at radius 2 is 1.10 bits per heavy atom. The van der Waals surface area contributed by atoms with Crippen molar-refractivity contribution in [2.75, 3.05) is 0 Å². The number of rotatable bonds is 6. The van der Waals surface area contributed by atoms with Crippen LogP contribution in [0.3, 0.4) is 0 Å². The number of nitrogens with zero attached hydrogens (tertiary/aromatic N) is 4. The van der Waals surface area contributed by atoms with E-state index < -0.39 is 9.85 Å². The number of non-ortho nitro benzene ring substituents is 2. The molecular weight excluding hydrogens is 392 g/mol. The topological polar surface area (TPSA) is 151 Å². The molecule has 0 radical (unpaired) electrons. The Hall–Kier alpha value is -4.60. The molecule has 0 spiro atoms. The van der Waals surface area contributed by atoms with E-state index in [-0.39, 0.29) is 34.2 Å². The van der Waals surface area contributed by atoms with Gasteiger partial charge in [-0.15, -0.1) is 0 Å². The lowest BCUT2D eigenvalue weighted by molar-refractivity contribution is -0.385. The fourth-order valence-corrected chi connectivity index (χ4v) is 2.48. The molecule has 0 aromatic heterocycles. The van der Waals surface area contributed by atoms with Crippen LogP contribution in [0.5, 0.6) is 11.5 Å². The molecule has 3 aromatic rings. The van der Waals surface area contributed by atoms with Crippen LogP contribution in [0.25, 0.3) is 0 Å². The number of phenols is 2. The molecule has 3 rings (SSSR count). The van der Waals surface area contributed by atoms with Crippen molar-refractivity contribution in [2.24, 2.45) is 9.98 Å². The van der Waals surface area contributed by atoms with Crippen LogP contribution >= 0.6 is 0 Å². The van der Waals surface area contributed by atoms with Gasteiger partial charge in [-0.2, -0.15) is 0 Å². The normalized spacial score (nSPS) is 11.2. The van der Waals surface area contributed by atoms with Crippen LogP contribution in [0.4, 0.5) is 22.7 Å². The molecule has 0 unspecified atom stereocenters. The summed E-state index contributed by atoms with van der Waals surface area (Å²) in [4.78, 5) is 28.8. The van der Waals surface area contributed by atoms with E-state index >= 15 is 0 Å². The number of aliphatic imine (C=N–C) groups is 2. The first-order chi connectivity index (χ1) is 14.3. The van der Waals surface area contributed by atoms with Gasteiger partial charge in [-0.25, -0.2) is 0 Å². The fourth-order valence-electron chi connectivity index (χ4n) is 2.48. The maximum absolute atomic E-state index is 10.9. The minimum atomic E-state index is -0.593. The number of phenolic OH excluding ortho intramolecular Hbond substituents is 2. The first-order valence-corrected chi connectivity index (χ1v) is 8.47. The molecule has 0 saturated heterocycles. The third-order valence-corrected chi connectivity index (χ3v) is 4.02. The summed E-state index contributed by atoms with van der Waals surface area (Å²) < 4.78 is 0. The molecule has 10 heteroatoms. The molecule has 0 saturated carbocycles. The van der Waals surface area contributed by atoms with Gasteiger partial charge in [0.1, 0.15) is 22.9 Å². The van der Waals surface area contributed by atoms with Crippen LogP contribution in [0.2, 0.25) is 0 Å². The summed E-state index contributed by atoms with van der Waals surface area (Å²) in [6.07, 6.45) is 2.79. The highest BCUT2D eigenvalue weighted by Crippen LogP contribution is 2.31. The summed E-state index contributed by atoms with van der Waals surface area (Å²) in [5.74, 6) is -0.436. The van der Waals surface area contributed by atoms with Gasteiger partial charge in [0.05, 0.1) is 9.85 Å². The third kappa shape index (κ3) is 4.62. The minimum absolute atomic E-state index is 0.0206. The number of hydrogen-bond donors (Lipinski definition) is 2. The molecule has 2 N–H and O–H groups in total. The quantitative estimate of drug-likeness (QED) is 0.351. The second kappa shape index (κ2) is 8.61. The first kappa shape index (κ1) is 20.1. The van der Waals surface area contributed by atoms with Crippen molar-refractivity contribution in [3.8, 4) is 11.5 Å². The van der Waals surface area contributed by atoms with E-state index in [4.69, 9.17) is 0 Å². The number of aromatic hydroxyl groups is 2. The second-order valence-electron chi connectivity index (χ2n) is 6.01. The van der Waals surface area contributed by atoms with Gasteiger partial charge in [-0.1, -0.05) is 24.3 Å². The molecular formula is C20H14N4O6. The number of nitro groups is 2. The Morgan fingerprint density at radius 1 is 0.700 bits per heavy atom. The van der Waals surface area contributed by atoms with Crippen LogP contribution in [0, 0.1) is 20.2 Å². The van der Waals surface area contributed by atoms with Gasteiger partial charge < -0.3 is 10.2 Å². The Kier molecular flexibility index (Phi) is 5.78. The van der Waals surface area contributed by atoms with Crippen molar-refractivity contribution in [3.05, 3.63) is 92.0 Å². The summed E-state index contributed by atoms with van der Waals surface area (Å²) in [5.41, 5.74) is 0.751. The lowest BCUT2D eigenvalue weighted by Gasteiger charge is -2.02. The highest BCUT2D eigenvalue weighted by molar-refractivity contribution is 5.96. The molecule has 0 bridgehead atoms. The van der Waals surface area contributed by atoms with Gasteiger partial charge in [0.25, 0.3) is 11.4 Å². The van der Waals surface area contributed by atoms with E-state index in [1.165, 1.54) is 36.7 Å². The van der Waals surface area contributed by atoms with Crippen molar-refractivity contribution in [3.63, 3.8) is 0 Å². The molecule has 150 valence electrons. The maximum atomic E-state index is 10.9. The number of nitro benzene ring substituents is 2. The average Bonchev–Trinajstić information content (AvgIpc) is 2.72. The Bertz CT molecular complexity index is 1100. The highest BCUT2D eigenvalue weighted by Gasteiger charge is 2.10. The average molecular weight is 406 g/mol. The number of benzene rings is 3. The Morgan fingerprint density at radius 3 is 1.47 bits per heavy atom. The molecule has 0 atom stereocenters. The molecule has 30 heavy (non-hydrogen) atoms. The Labute approximate surface area is 169 Å². The van der Waals surface area contributed by atoms with Crippen LogP contribution < -0.4 is 0 Å². The zero-order valence-electron chi connectivity index (χ0n) is 15.2. The molecule has 10 nitrogen and oxygen atoms in total. The van der Waals surface area contributed by atoms with Crippen molar-refractivity contribution in [1.82, 2.24) is 0 Å². The van der Waals surface area contributed by atoms with Crippen molar-refractivity contribution >= 4 is 35.2 Å². The van der Waals surface area contributed by atoms with Crippen molar-refractivity contribution in [2.45, 2.75) is 0 Å². The Balaban J connectivity index is 1.93. The van der Waals surface area contributed by atoms with Gasteiger partial charge in [0.2, 0.25) is 0 Å². The van der Waals surface area contributed by atoms with E-state index in [1.807, 2.05) is 0 Å². The molecule has 3 aromatic carbocycles. The largest absolute Gasteiger partial charge is 0.506 e. The predicted octanol–water partition coefficient (Wildman–Crippen LogP) is 4.42. The smallest absolute Gasteiger partial charge is 0.271 e. The van der Waals surface area contributed by atoms with Gasteiger partial charge >= 0.3 is 0 Å². The summed E-state index contributed by atoms with van der Waals surface area (Å²) in [7, 11) is 0. The fraction of sp³-hybridized carbons (Fsp3) is 0. The summed E-state index contributed by atoms with van der Waals surface area (Å²) in [6.45, 7) is 0. The van der Waals surface area contributed by atoms with E-state index in [1.54, 1.807) is 24.3 Å². The summed E-state index contributed by atoms with van der Waals surface area (Å²) >= 11 is 0. The van der Waals surface area contributed by atoms with Crippen molar-refractivity contribution in [1.29, 1.82) is 0 Å². The second-order valence-corrected chi connectivity index (χ2v) is 6.01. The van der Waals surface area contributed by atoms with Gasteiger partial charge in [-0.05, 0) is 12.1 Å². The van der Waals surface area contributed by atoms with E-state index in [2.05, 4.69) is 9.98 Å². The molecule has 0 amide bonds. The third-order valence-electron chi connectivity index (χ3n) is 4.02. The zero-order chi connectivity index (χ0) is 21.7. The predicted molar refractivity (Wildman–Crippen MR) is 110 cm³/mol. The van der Waals surface area contributed by atoms with Crippen molar-refractivity contribution < 1.29 is 20.1 Å². The van der Waals surface area contributed by atoms with Crippen LogP contribution in [-0.4, -0.2) is 32.5 Å². The molecule has 0 fully saturated rings. The number of hydrogen-bond acceptors (Lipinski definition) is 8. The van der Waals surface area contributed by atoms with E-state index in [9.17, 15) is 30.4 Å². The minimum Gasteiger partial charge on any atom is -0.506 e. The monoisotopic (exact) mass is 406 g/mol.